The summed E-state index contributed by atoms with van der Waals surface area (Å²) in [6, 6.07) is 1.67. The molecule has 0 saturated carbocycles. The minimum absolute atomic E-state index is 0. The summed E-state index contributed by atoms with van der Waals surface area (Å²) in [7, 11) is 0. The number of imidazole rings is 1. The van der Waals surface area contributed by atoms with E-state index in [0.717, 1.165) is 0 Å². The molecule has 0 saturated heterocycles. The molecule has 0 unspecified atom stereocenters. The molecular formula is C9H12N4OS. The zero-order chi connectivity index (χ0) is 11.4. The van der Waals surface area contributed by atoms with Gasteiger partial charge in [0.25, 0.3) is 0 Å². The number of aromatic amines is 1. The van der Waals surface area contributed by atoms with Gasteiger partial charge in [-0.3, -0.25) is 4.98 Å². The van der Waals surface area contributed by atoms with Gasteiger partial charge in [0.2, 0.25) is 0 Å². The van der Waals surface area contributed by atoms with Gasteiger partial charge in [-0.2, -0.15) is 0 Å². The van der Waals surface area contributed by atoms with Crippen LogP contribution in [0, 0.1) is 0 Å². The number of aromatic nitrogens is 3. The molecule has 15 heavy (non-hydrogen) atoms. The molecule has 2 aromatic rings. The molecule has 2 rings (SSSR count). The summed E-state index contributed by atoms with van der Waals surface area (Å²) in [5.74, 6) is 0. The standard InChI is InChI=1S/C7H6N4OS.C2H4.H2/c8-6(13)11-5-1-2-9-3-4(5)10-7(11)12;1-2;/h1-3H,(H2,8,13)(H,10,12);1-2H2;1H. The maximum absolute atomic E-state index is 11.3. The van der Waals surface area contributed by atoms with E-state index in [1.807, 2.05) is 0 Å². The number of nitrogens with one attached hydrogen (secondary N) is 1. The van der Waals surface area contributed by atoms with Crippen molar-refractivity contribution in [2.24, 2.45) is 5.73 Å². The van der Waals surface area contributed by atoms with Crippen LogP contribution in [0.1, 0.15) is 1.43 Å². The molecule has 0 spiro atoms. The maximum atomic E-state index is 11.3. The second kappa shape index (κ2) is 4.52. The second-order valence-electron chi connectivity index (χ2n) is 2.50. The highest BCUT2D eigenvalue weighted by molar-refractivity contribution is 7.80. The molecule has 2 aromatic heterocycles. The van der Waals surface area contributed by atoms with Crippen molar-refractivity contribution in [2.75, 3.05) is 0 Å². The Kier molecular flexibility index (Phi) is 3.35. The summed E-state index contributed by atoms with van der Waals surface area (Å²) < 4.78 is 1.23. The van der Waals surface area contributed by atoms with Crippen LogP contribution in [0.5, 0.6) is 0 Å². The van der Waals surface area contributed by atoms with Crippen molar-refractivity contribution in [3.8, 4) is 0 Å². The molecule has 0 fully saturated rings. The first kappa shape index (κ1) is 11.1. The molecule has 3 N–H and O–H groups in total. The van der Waals surface area contributed by atoms with Crippen molar-refractivity contribution in [1.29, 1.82) is 0 Å². The highest BCUT2D eigenvalue weighted by atomic mass is 32.1. The van der Waals surface area contributed by atoms with Gasteiger partial charge in [0.15, 0.2) is 5.11 Å². The van der Waals surface area contributed by atoms with E-state index in [0.29, 0.717) is 11.0 Å². The fourth-order valence-corrected chi connectivity index (χ4v) is 1.36. The van der Waals surface area contributed by atoms with Gasteiger partial charge in [0.1, 0.15) is 0 Å². The van der Waals surface area contributed by atoms with Crippen LogP contribution in [-0.2, 0) is 0 Å². The summed E-state index contributed by atoms with van der Waals surface area (Å²) >= 11 is 4.73. The van der Waals surface area contributed by atoms with E-state index < -0.39 is 0 Å². The highest BCUT2D eigenvalue weighted by Gasteiger charge is 2.06. The van der Waals surface area contributed by atoms with Crippen molar-refractivity contribution in [2.45, 2.75) is 0 Å². The predicted octanol–water partition coefficient (Wildman–Crippen LogP) is 0.864. The topological polar surface area (TPSA) is 76.7 Å². The smallest absolute Gasteiger partial charge is 0.332 e. The number of nitrogens with two attached hydrogens (primary N) is 1. The lowest BCUT2D eigenvalue weighted by atomic mass is 10.4. The van der Waals surface area contributed by atoms with Crippen molar-refractivity contribution in [1.82, 2.24) is 14.5 Å². The van der Waals surface area contributed by atoms with E-state index in [9.17, 15) is 4.79 Å². The van der Waals surface area contributed by atoms with Crippen LogP contribution in [0.2, 0.25) is 0 Å². The van der Waals surface area contributed by atoms with Crippen LogP contribution in [0.25, 0.3) is 11.0 Å². The molecule has 0 aromatic carbocycles. The lowest BCUT2D eigenvalue weighted by Gasteiger charge is -1.96. The van der Waals surface area contributed by atoms with Crippen LogP contribution in [0.3, 0.4) is 0 Å². The highest BCUT2D eigenvalue weighted by Crippen LogP contribution is 2.05. The van der Waals surface area contributed by atoms with Gasteiger partial charge in [-0.25, -0.2) is 9.36 Å². The van der Waals surface area contributed by atoms with Crippen LogP contribution in [0.15, 0.2) is 36.4 Å². The largest absolute Gasteiger partial charge is 0.375 e. The average Bonchev–Trinajstić information content (AvgIpc) is 2.56. The Hall–Kier alpha value is -1.95. The third kappa shape index (κ3) is 1.94. The van der Waals surface area contributed by atoms with Crippen LogP contribution in [0.4, 0.5) is 0 Å². The summed E-state index contributed by atoms with van der Waals surface area (Å²) in [5.41, 5.74) is 6.31. The number of thiocarbonyl (C=S) groups is 1. The zero-order valence-electron chi connectivity index (χ0n) is 7.93. The number of rotatable bonds is 0. The predicted molar refractivity (Wildman–Crippen MR) is 65.9 cm³/mol. The Morgan fingerprint density at radius 1 is 1.67 bits per heavy atom. The lowest BCUT2D eigenvalue weighted by molar-refractivity contribution is 1.08. The minimum atomic E-state index is -0.337. The fourth-order valence-electron chi connectivity index (χ4n) is 1.18. The second-order valence-corrected chi connectivity index (χ2v) is 2.91. The van der Waals surface area contributed by atoms with Gasteiger partial charge < -0.3 is 10.7 Å². The molecule has 0 aliphatic carbocycles. The van der Waals surface area contributed by atoms with Crippen molar-refractivity contribution >= 4 is 28.4 Å². The molecule has 6 heteroatoms. The SMILES string of the molecule is C=C.NC(=S)n1c(=O)[nH]c2cnccc21.[HH]. The fraction of sp³-hybridized carbons (Fsp3) is 0. The molecular weight excluding hydrogens is 212 g/mol. The molecule has 0 radical (unpaired) electrons. The molecule has 2 heterocycles. The van der Waals surface area contributed by atoms with Crippen LogP contribution < -0.4 is 11.4 Å². The third-order valence-corrected chi connectivity index (χ3v) is 1.89. The van der Waals surface area contributed by atoms with Gasteiger partial charge in [-0.1, -0.05) is 0 Å². The van der Waals surface area contributed by atoms with E-state index in [1.54, 1.807) is 18.5 Å². The molecule has 5 nitrogen and oxygen atoms in total. The van der Waals surface area contributed by atoms with Gasteiger partial charge in [-0.15, -0.1) is 13.2 Å². The summed E-state index contributed by atoms with van der Waals surface area (Å²) in [6.07, 6.45) is 3.12. The third-order valence-electron chi connectivity index (χ3n) is 1.70. The van der Waals surface area contributed by atoms with E-state index in [2.05, 4.69) is 23.1 Å². The monoisotopic (exact) mass is 224 g/mol. The summed E-state index contributed by atoms with van der Waals surface area (Å²) in [4.78, 5) is 17.7. The number of hydrogen-bond donors (Lipinski definition) is 2. The van der Waals surface area contributed by atoms with E-state index in [4.69, 9.17) is 18.0 Å². The normalized spacial score (nSPS) is 9.33. The number of H-pyrrole nitrogens is 1. The Morgan fingerprint density at radius 3 is 2.93 bits per heavy atom. The first-order chi connectivity index (χ1) is 7.20. The average molecular weight is 224 g/mol. The van der Waals surface area contributed by atoms with Crippen LogP contribution in [-0.4, -0.2) is 19.6 Å². The number of hydrogen-bond acceptors (Lipinski definition) is 3. The molecule has 0 aliphatic rings. The Balaban J connectivity index is 0.000000711. The van der Waals surface area contributed by atoms with Gasteiger partial charge in [0, 0.05) is 7.62 Å². The van der Waals surface area contributed by atoms with Crippen LogP contribution >= 0.6 is 12.2 Å². The van der Waals surface area contributed by atoms with Crippen molar-refractivity contribution in [3.63, 3.8) is 0 Å². The van der Waals surface area contributed by atoms with E-state index in [1.165, 1.54) is 4.57 Å². The summed E-state index contributed by atoms with van der Waals surface area (Å²) in [6.45, 7) is 6.00. The first-order valence-corrected chi connectivity index (χ1v) is 4.45. The Labute approximate surface area is 92.7 Å². The first-order valence-electron chi connectivity index (χ1n) is 4.04. The molecule has 0 atom stereocenters. The zero-order valence-corrected chi connectivity index (χ0v) is 8.75. The number of fused-ring (bicyclic) bond motifs is 1. The Bertz CT molecular complexity index is 548. The molecule has 0 bridgehead atoms. The Morgan fingerprint density at radius 2 is 2.33 bits per heavy atom. The van der Waals surface area contributed by atoms with Gasteiger partial charge >= 0.3 is 5.69 Å². The van der Waals surface area contributed by atoms with E-state index in [-0.39, 0.29) is 12.2 Å². The van der Waals surface area contributed by atoms with E-state index >= 15 is 0 Å². The molecule has 0 aliphatic heterocycles. The maximum Gasteiger partial charge on any atom is 0.332 e. The quantitative estimate of drug-likeness (QED) is 0.514. The number of pyridine rings is 1. The molecule has 0 amide bonds. The lowest BCUT2D eigenvalue weighted by Crippen LogP contribution is -2.29. The van der Waals surface area contributed by atoms with Gasteiger partial charge in [0.05, 0.1) is 17.2 Å². The molecule has 80 valence electrons. The minimum Gasteiger partial charge on any atom is -0.375 e. The van der Waals surface area contributed by atoms with Crippen molar-refractivity contribution < 1.29 is 1.43 Å². The van der Waals surface area contributed by atoms with Crippen molar-refractivity contribution in [3.05, 3.63) is 42.1 Å². The number of nitrogens with zero attached hydrogens (tertiary/aromatic N) is 2. The van der Waals surface area contributed by atoms with Gasteiger partial charge in [-0.05, 0) is 18.3 Å². The summed E-state index contributed by atoms with van der Waals surface area (Å²) in [5, 5.41) is 0.0300.